The van der Waals surface area contributed by atoms with Crippen LogP contribution in [0, 0.1) is 13.8 Å². The Bertz CT molecular complexity index is 783. The Morgan fingerprint density at radius 2 is 1.96 bits per heavy atom. The number of anilines is 1. The highest BCUT2D eigenvalue weighted by molar-refractivity contribution is 5.96. The fourth-order valence-corrected chi connectivity index (χ4v) is 3.32. The minimum absolute atomic E-state index is 0.0338. The number of fused-ring (bicyclic) bond motifs is 1. The first kappa shape index (κ1) is 16.4. The first-order valence-corrected chi connectivity index (χ1v) is 8.26. The van der Waals surface area contributed by atoms with Gasteiger partial charge in [-0.25, -0.2) is 0 Å². The van der Waals surface area contributed by atoms with Crippen LogP contribution in [0.3, 0.4) is 0 Å². The van der Waals surface area contributed by atoms with Gasteiger partial charge in [0.15, 0.2) is 11.5 Å². The number of methoxy groups -OCH3 is 1. The molecule has 1 atom stereocenters. The van der Waals surface area contributed by atoms with E-state index in [1.54, 1.807) is 7.11 Å². The molecular formula is C20H23NO3. The molecular weight excluding hydrogens is 302 g/mol. The summed E-state index contributed by atoms with van der Waals surface area (Å²) in [5.41, 5.74) is 5.35. The SMILES string of the molecule is CCOc1c(OC)cccc1[C@H]1CC(=O)Nc2c1ccc(C)c2C. The third-order valence-corrected chi connectivity index (χ3v) is 4.69. The second-order valence-corrected chi connectivity index (χ2v) is 6.09. The van der Waals surface area contributed by atoms with Gasteiger partial charge in [0.05, 0.1) is 13.7 Å². The van der Waals surface area contributed by atoms with Crippen molar-refractivity contribution in [3.63, 3.8) is 0 Å². The summed E-state index contributed by atoms with van der Waals surface area (Å²) in [6, 6.07) is 10.1. The maximum atomic E-state index is 12.3. The number of carbonyl (C=O) groups excluding carboxylic acids is 1. The number of para-hydroxylation sites is 1. The van der Waals surface area contributed by atoms with Crippen molar-refractivity contribution in [3.8, 4) is 11.5 Å². The van der Waals surface area contributed by atoms with E-state index >= 15 is 0 Å². The molecule has 2 aromatic rings. The molecule has 4 heteroatoms. The van der Waals surface area contributed by atoms with Crippen molar-refractivity contribution in [1.29, 1.82) is 0 Å². The van der Waals surface area contributed by atoms with E-state index in [9.17, 15) is 4.79 Å². The van der Waals surface area contributed by atoms with Gasteiger partial charge in [-0.1, -0.05) is 24.3 Å². The van der Waals surface area contributed by atoms with Gasteiger partial charge in [0.1, 0.15) is 0 Å². The third kappa shape index (κ3) is 2.73. The van der Waals surface area contributed by atoms with Crippen LogP contribution in [0.2, 0.25) is 0 Å². The van der Waals surface area contributed by atoms with E-state index in [4.69, 9.17) is 9.47 Å². The molecule has 0 aromatic heterocycles. The summed E-state index contributed by atoms with van der Waals surface area (Å²) in [5, 5.41) is 3.04. The largest absolute Gasteiger partial charge is 0.493 e. The summed E-state index contributed by atoms with van der Waals surface area (Å²) in [6.07, 6.45) is 0.405. The molecule has 1 amide bonds. The quantitative estimate of drug-likeness (QED) is 0.917. The average molecular weight is 325 g/mol. The van der Waals surface area contributed by atoms with Gasteiger partial charge in [-0.15, -0.1) is 0 Å². The van der Waals surface area contributed by atoms with Gasteiger partial charge in [-0.2, -0.15) is 0 Å². The van der Waals surface area contributed by atoms with E-state index in [0.29, 0.717) is 18.8 Å². The summed E-state index contributed by atoms with van der Waals surface area (Å²) in [7, 11) is 1.64. The van der Waals surface area contributed by atoms with E-state index in [2.05, 4.69) is 24.4 Å². The Kier molecular flexibility index (Phi) is 4.47. The number of hydrogen-bond acceptors (Lipinski definition) is 3. The van der Waals surface area contributed by atoms with E-state index in [1.807, 2.05) is 32.0 Å². The zero-order valence-corrected chi connectivity index (χ0v) is 14.6. The van der Waals surface area contributed by atoms with Gasteiger partial charge in [0, 0.05) is 23.6 Å². The van der Waals surface area contributed by atoms with Crippen LogP contribution in [0.1, 0.15) is 41.5 Å². The fraction of sp³-hybridized carbons (Fsp3) is 0.350. The molecule has 0 fully saturated rings. The van der Waals surface area contributed by atoms with Gasteiger partial charge >= 0.3 is 0 Å². The number of aryl methyl sites for hydroxylation is 1. The molecule has 3 rings (SSSR count). The van der Waals surface area contributed by atoms with Crippen molar-refractivity contribution in [2.45, 2.75) is 33.1 Å². The maximum absolute atomic E-state index is 12.3. The Morgan fingerprint density at radius 3 is 2.67 bits per heavy atom. The molecule has 0 aliphatic carbocycles. The summed E-state index contributed by atoms with van der Waals surface area (Å²) < 4.78 is 11.3. The number of ether oxygens (including phenoxy) is 2. The van der Waals surface area contributed by atoms with Crippen LogP contribution in [-0.4, -0.2) is 19.6 Å². The summed E-state index contributed by atoms with van der Waals surface area (Å²) in [5.74, 6) is 1.42. The lowest BCUT2D eigenvalue weighted by molar-refractivity contribution is -0.116. The topological polar surface area (TPSA) is 47.6 Å². The van der Waals surface area contributed by atoms with Crippen molar-refractivity contribution in [3.05, 3.63) is 52.6 Å². The van der Waals surface area contributed by atoms with Crippen LogP contribution in [0.5, 0.6) is 11.5 Å². The van der Waals surface area contributed by atoms with Crippen LogP contribution in [0.15, 0.2) is 30.3 Å². The molecule has 0 radical (unpaired) electrons. The third-order valence-electron chi connectivity index (χ3n) is 4.69. The summed E-state index contributed by atoms with van der Waals surface area (Å²) in [6.45, 7) is 6.60. The summed E-state index contributed by atoms with van der Waals surface area (Å²) in [4.78, 5) is 12.3. The van der Waals surface area contributed by atoms with Crippen LogP contribution in [0.25, 0.3) is 0 Å². The number of benzene rings is 2. The lowest BCUT2D eigenvalue weighted by atomic mass is 9.82. The van der Waals surface area contributed by atoms with Gasteiger partial charge < -0.3 is 14.8 Å². The Hall–Kier alpha value is -2.49. The molecule has 4 nitrogen and oxygen atoms in total. The minimum Gasteiger partial charge on any atom is -0.493 e. The minimum atomic E-state index is -0.0373. The molecule has 24 heavy (non-hydrogen) atoms. The zero-order chi connectivity index (χ0) is 17.3. The van der Waals surface area contributed by atoms with Gasteiger partial charge in [-0.05, 0) is 43.5 Å². The predicted octanol–water partition coefficient (Wildman–Crippen LogP) is 4.18. The molecule has 0 bridgehead atoms. The molecule has 0 unspecified atom stereocenters. The second kappa shape index (κ2) is 6.56. The fourth-order valence-electron chi connectivity index (χ4n) is 3.32. The van der Waals surface area contributed by atoms with Crippen molar-refractivity contribution >= 4 is 11.6 Å². The van der Waals surface area contributed by atoms with Crippen LogP contribution in [-0.2, 0) is 4.79 Å². The number of rotatable bonds is 4. The highest BCUT2D eigenvalue weighted by Gasteiger charge is 2.30. The molecule has 0 spiro atoms. The standard InChI is InChI=1S/C20H23NO3/c1-5-24-20-15(7-6-8-17(20)23-4)16-11-18(22)21-19-13(3)12(2)9-10-14(16)19/h6-10,16H,5,11H2,1-4H3,(H,21,22)/t16-/m0/s1. The lowest BCUT2D eigenvalue weighted by Crippen LogP contribution is -2.25. The smallest absolute Gasteiger partial charge is 0.225 e. The van der Waals surface area contributed by atoms with Crippen molar-refractivity contribution < 1.29 is 14.3 Å². The monoisotopic (exact) mass is 325 g/mol. The molecule has 1 aliphatic rings. The van der Waals surface area contributed by atoms with Gasteiger partial charge in [0.2, 0.25) is 5.91 Å². The normalized spacial score (nSPS) is 16.3. The first-order valence-electron chi connectivity index (χ1n) is 8.26. The predicted molar refractivity (Wildman–Crippen MR) is 95.2 cm³/mol. The maximum Gasteiger partial charge on any atom is 0.225 e. The van der Waals surface area contributed by atoms with E-state index in [0.717, 1.165) is 28.1 Å². The van der Waals surface area contributed by atoms with Gasteiger partial charge in [0.25, 0.3) is 0 Å². The van der Waals surface area contributed by atoms with Crippen LogP contribution < -0.4 is 14.8 Å². The Labute approximate surface area is 142 Å². The van der Waals surface area contributed by atoms with Crippen molar-refractivity contribution in [1.82, 2.24) is 0 Å². The highest BCUT2D eigenvalue weighted by atomic mass is 16.5. The molecule has 2 aromatic carbocycles. The molecule has 1 heterocycles. The number of nitrogens with one attached hydrogen (secondary N) is 1. The van der Waals surface area contributed by atoms with Gasteiger partial charge in [-0.3, -0.25) is 4.79 Å². The van der Waals surface area contributed by atoms with E-state index in [-0.39, 0.29) is 11.8 Å². The van der Waals surface area contributed by atoms with Crippen molar-refractivity contribution in [2.75, 3.05) is 19.0 Å². The van der Waals surface area contributed by atoms with E-state index < -0.39 is 0 Å². The Balaban J connectivity index is 2.18. The number of hydrogen-bond donors (Lipinski definition) is 1. The van der Waals surface area contributed by atoms with Crippen LogP contribution in [0.4, 0.5) is 5.69 Å². The first-order chi connectivity index (χ1) is 11.6. The number of amides is 1. The zero-order valence-electron chi connectivity index (χ0n) is 14.6. The molecule has 126 valence electrons. The van der Waals surface area contributed by atoms with Crippen molar-refractivity contribution in [2.24, 2.45) is 0 Å². The Morgan fingerprint density at radius 1 is 1.17 bits per heavy atom. The van der Waals surface area contributed by atoms with Crippen LogP contribution >= 0.6 is 0 Å². The molecule has 0 saturated carbocycles. The molecule has 1 aliphatic heterocycles. The molecule has 0 saturated heterocycles. The van der Waals surface area contributed by atoms with E-state index in [1.165, 1.54) is 5.56 Å². The highest BCUT2D eigenvalue weighted by Crippen LogP contribution is 2.45. The summed E-state index contributed by atoms with van der Waals surface area (Å²) >= 11 is 0. The average Bonchev–Trinajstić information content (AvgIpc) is 2.58. The lowest BCUT2D eigenvalue weighted by Gasteiger charge is -2.29. The number of carbonyl (C=O) groups is 1. The second-order valence-electron chi connectivity index (χ2n) is 6.09. The molecule has 1 N–H and O–H groups in total.